The fraction of sp³-hybridized carbons (Fsp3) is 0.882. The highest BCUT2D eigenvalue weighted by Gasteiger charge is 2.33. The van der Waals surface area contributed by atoms with Crippen LogP contribution in [0.15, 0.2) is 0 Å². The molecule has 3 fully saturated rings. The van der Waals surface area contributed by atoms with Crippen LogP contribution in [-0.2, 0) is 14.3 Å². The van der Waals surface area contributed by atoms with Crippen LogP contribution in [0.4, 0.5) is 0 Å². The van der Waals surface area contributed by atoms with Crippen LogP contribution in [0.3, 0.4) is 0 Å². The zero-order chi connectivity index (χ0) is 16.1. The standard InChI is InChI=1S/C17H29N3O3/c21-16(19-8-10-23-11-9-19)12-15-2-1-7-20(17(15)22)13-14-3-5-18-6-4-14/h14-15,18H,1-13H2. The van der Waals surface area contributed by atoms with E-state index in [9.17, 15) is 9.59 Å². The van der Waals surface area contributed by atoms with Crippen molar-refractivity contribution in [2.75, 3.05) is 52.5 Å². The molecule has 1 N–H and O–H groups in total. The largest absolute Gasteiger partial charge is 0.378 e. The fourth-order valence-corrected chi connectivity index (χ4v) is 3.92. The second kappa shape index (κ2) is 8.11. The molecule has 3 rings (SSSR count). The summed E-state index contributed by atoms with van der Waals surface area (Å²) in [6, 6.07) is 0. The lowest BCUT2D eigenvalue weighted by Crippen LogP contribution is -2.47. The molecule has 0 aromatic carbocycles. The van der Waals surface area contributed by atoms with Crippen molar-refractivity contribution in [2.24, 2.45) is 11.8 Å². The molecule has 130 valence electrons. The summed E-state index contributed by atoms with van der Waals surface area (Å²) < 4.78 is 5.29. The Bertz CT molecular complexity index is 417. The Kier molecular flexibility index (Phi) is 5.89. The molecular formula is C17H29N3O3. The van der Waals surface area contributed by atoms with Gasteiger partial charge in [0.15, 0.2) is 0 Å². The molecule has 0 radical (unpaired) electrons. The number of ether oxygens (including phenoxy) is 1. The molecule has 2 amide bonds. The maximum atomic E-state index is 12.7. The molecule has 3 saturated heterocycles. The zero-order valence-electron chi connectivity index (χ0n) is 14.0. The Morgan fingerprint density at radius 3 is 2.61 bits per heavy atom. The second-order valence-electron chi connectivity index (χ2n) is 7.01. The molecular weight excluding hydrogens is 294 g/mol. The van der Waals surface area contributed by atoms with Crippen LogP contribution >= 0.6 is 0 Å². The first kappa shape index (κ1) is 16.7. The van der Waals surface area contributed by atoms with Gasteiger partial charge in [0.05, 0.1) is 13.2 Å². The number of morpholine rings is 1. The molecule has 3 heterocycles. The van der Waals surface area contributed by atoms with Crippen LogP contribution in [0.2, 0.25) is 0 Å². The van der Waals surface area contributed by atoms with Gasteiger partial charge in [-0.2, -0.15) is 0 Å². The predicted octanol–water partition coefficient (Wildman–Crippen LogP) is 0.474. The number of nitrogens with one attached hydrogen (secondary N) is 1. The highest BCUT2D eigenvalue weighted by Crippen LogP contribution is 2.24. The van der Waals surface area contributed by atoms with Gasteiger partial charge in [0, 0.05) is 38.5 Å². The highest BCUT2D eigenvalue weighted by molar-refractivity contribution is 5.86. The van der Waals surface area contributed by atoms with Crippen molar-refractivity contribution in [2.45, 2.75) is 32.1 Å². The summed E-state index contributed by atoms with van der Waals surface area (Å²) in [6.45, 7) is 6.43. The zero-order valence-corrected chi connectivity index (χ0v) is 14.0. The first-order valence-electron chi connectivity index (χ1n) is 9.09. The van der Waals surface area contributed by atoms with Gasteiger partial charge in [-0.3, -0.25) is 9.59 Å². The average Bonchev–Trinajstić information content (AvgIpc) is 2.60. The molecule has 6 heteroatoms. The molecule has 3 aliphatic rings. The number of amides is 2. The number of rotatable bonds is 4. The molecule has 0 spiro atoms. The van der Waals surface area contributed by atoms with E-state index < -0.39 is 0 Å². The van der Waals surface area contributed by atoms with Gasteiger partial charge in [0.25, 0.3) is 0 Å². The molecule has 1 atom stereocenters. The van der Waals surface area contributed by atoms with Crippen molar-refractivity contribution < 1.29 is 14.3 Å². The number of likely N-dealkylation sites (tertiary alicyclic amines) is 1. The summed E-state index contributed by atoms with van der Waals surface area (Å²) in [6.07, 6.45) is 4.57. The molecule has 0 aromatic heterocycles. The van der Waals surface area contributed by atoms with Crippen LogP contribution in [-0.4, -0.2) is 74.1 Å². The maximum absolute atomic E-state index is 12.7. The molecule has 1 unspecified atom stereocenters. The van der Waals surface area contributed by atoms with E-state index in [0.29, 0.717) is 38.6 Å². The Morgan fingerprint density at radius 2 is 1.87 bits per heavy atom. The fourth-order valence-electron chi connectivity index (χ4n) is 3.92. The van der Waals surface area contributed by atoms with Crippen LogP contribution in [0.5, 0.6) is 0 Å². The van der Waals surface area contributed by atoms with Gasteiger partial charge in [-0.05, 0) is 44.7 Å². The van der Waals surface area contributed by atoms with E-state index in [-0.39, 0.29) is 17.7 Å². The molecule has 23 heavy (non-hydrogen) atoms. The van der Waals surface area contributed by atoms with Gasteiger partial charge in [-0.1, -0.05) is 0 Å². The van der Waals surface area contributed by atoms with Gasteiger partial charge in [-0.25, -0.2) is 0 Å². The highest BCUT2D eigenvalue weighted by atomic mass is 16.5. The van der Waals surface area contributed by atoms with E-state index in [0.717, 1.165) is 51.9 Å². The molecule has 0 bridgehead atoms. The Morgan fingerprint density at radius 1 is 1.13 bits per heavy atom. The summed E-state index contributed by atoms with van der Waals surface area (Å²) in [5.41, 5.74) is 0. The number of piperidine rings is 2. The lowest BCUT2D eigenvalue weighted by Gasteiger charge is -2.36. The smallest absolute Gasteiger partial charge is 0.226 e. The maximum Gasteiger partial charge on any atom is 0.226 e. The Hall–Kier alpha value is -1.14. The van der Waals surface area contributed by atoms with Crippen LogP contribution in [0.25, 0.3) is 0 Å². The van der Waals surface area contributed by atoms with Crippen molar-refractivity contribution >= 4 is 11.8 Å². The molecule has 0 saturated carbocycles. The lowest BCUT2D eigenvalue weighted by atomic mass is 9.91. The number of nitrogens with zero attached hydrogens (tertiary/aromatic N) is 2. The minimum atomic E-state index is -0.110. The normalized spacial score (nSPS) is 27.3. The van der Waals surface area contributed by atoms with E-state index in [2.05, 4.69) is 5.32 Å². The first-order valence-corrected chi connectivity index (χ1v) is 9.09. The monoisotopic (exact) mass is 323 g/mol. The van der Waals surface area contributed by atoms with E-state index in [1.807, 2.05) is 9.80 Å². The van der Waals surface area contributed by atoms with E-state index in [1.165, 1.54) is 0 Å². The van der Waals surface area contributed by atoms with Crippen LogP contribution in [0.1, 0.15) is 32.1 Å². The Labute approximate surface area is 138 Å². The van der Waals surface area contributed by atoms with Crippen molar-refractivity contribution in [3.05, 3.63) is 0 Å². The van der Waals surface area contributed by atoms with Gasteiger partial charge in [0.1, 0.15) is 0 Å². The molecule has 0 aromatic rings. The SMILES string of the molecule is O=C(CC1CCCN(CC2CCNCC2)C1=O)N1CCOCC1. The number of hydrogen-bond acceptors (Lipinski definition) is 4. The second-order valence-corrected chi connectivity index (χ2v) is 7.01. The predicted molar refractivity (Wildman–Crippen MR) is 86.9 cm³/mol. The van der Waals surface area contributed by atoms with Gasteiger partial charge >= 0.3 is 0 Å². The van der Waals surface area contributed by atoms with E-state index >= 15 is 0 Å². The molecule has 3 aliphatic heterocycles. The summed E-state index contributed by atoms with van der Waals surface area (Å²) in [7, 11) is 0. The minimum absolute atomic E-state index is 0.110. The summed E-state index contributed by atoms with van der Waals surface area (Å²) in [4.78, 5) is 29.0. The molecule has 0 aliphatic carbocycles. The van der Waals surface area contributed by atoms with Crippen LogP contribution < -0.4 is 5.32 Å². The first-order chi connectivity index (χ1) is 11.2. The Balaban J connectivity index is 1.50. The average molecular weight is 323 g/mol. The molecule has 6 nitrogen and oxygen atoms in total. The quantitative estimate of drug-likeness (QED) is 0.817. The lowest BCUT2D eigenvalue weighted by molar-refractivity contribution is -0.145. The van der Waals surface area contributed by atoms with Crippen LogP contribution in [0, 0.1) is 11.8 Å². The summed E-state index contributed by atoms with van der Waals surface area (Å²) in [5.74, 6) is 0.835. The third-order valence-electron chi connectivity index (χ3n) is 5.36. The topological polar surface area (TPSA) is 61.9 Å². The third-order valence-corrected chi connectivity index (χ3v) is 5.36. The summed E-state index contributed by atoms with van der Waals surface area (Å²) in [5, 5.41) is 3.37. The van der Waals surface area contributed by atoms with Crippen molar-refractivity contribution in [3.63, 3.8) is 0 Å². The number of hydrogen-bond donors (Lipinski definition) is 1. The van der Waals surface area contributed by atoms with E-state index in [1.54, 1.807) is 0 Å². The van der Waals surface area contributed by atoms with Crippen molar-refractivity contribution in [1.82, 2.24) is 15.1 Å². The van der Waals surface area contributed by atoms with Gasteiger partial charge in [0.2, 0.25) is 11.8 Å². The van der Waals surface area contributed by atoms with Crippen molar-refractivity contribution in [1.29, 1.82) is 0 Å². The van der Waals surface area contributed by atoms with E-state index in [4.69, 9.17) is 4.74 Å². The van der Waals surface area contributed by atoms with Gasteiger partial charge < -0.3 is 19.9 Å². The summed E-state index contributed by atoms with van der Waals surface area (Å²) >= 11 is 0. The number of carbonyl (C=O) groups is 2. The number of carbonyl (C=O) groups excluding carboxylic acids is 2. The van der Waals surface area contributed by atoms with Crippen molar-refractivity contribution in [3.8, 4) is 0 Å². The van der Waals surface area contributed by atoms with Gasteiger partial charge in [-0.15, -0.1) is 0 Å². The minimum Gasteiger partial charge on any atom is -0.378 e. The third kappa shape index (κ3) is 4.44.